The molecule has 29 heavy (non-hydrogen) atoms. The third kappa shape index (κ3) is 5.89. The Labute approximate surface area is 175 Å². The predicted octanol–water partition coefficient (Wildman–Crippen LogP) is 2.00. The molecule has 3 atom stereocenters. The molecule has 1 aliphatic heterocycles. The van der Waals surface area contributed by atoms with Crippen molar-refractivity contribution >= 4 is 11.9 Å². The maximum absolute atomic E-state index is 13.1. The van der Waals surface area contributed by atoms with Crippen LogP contribution >= 0.6 is 0 Å². The highest BCUT2D eigenvalue weighted by molar-refractivity contribution is 5.81. The number of anilines is 1. The van der Waals surface area contributed by atoms with E-state index in [0.717, 1.165) is 51.8 Å². The van der Waals surface area contributed by atoms with Crippen LogP contribution in [0.15, 0.2) is 18.5 Å². The van der Waals surface area contributed by atoms with E-state index >= 15 is 0 Å². The van der Waals surface area contributed by atoms with Gasteiger partial charge >= 0.3 is 0 Å². The Morgan fingerprint density at radius 3 is 2.45 bits per heavy atom. The summed E-state index contributed by atoms with van der Waals surface area (Å²) >= 11 is 0. The Balaban J connectivity index is 1.50. The van der Waals surface area contributed by atoms with E-state index in [0.29, 0.717) is 12.0 Å². The van der Waals surface area contributed by atoms with Crippen molar-refractivity contribution in [1.82, 2.24) is 25.1 Å². The summed E-state index contributed by atoms with van der Waals surface area (Å²) in [5.74, 6) is 1.63. The molecule has 1 aromatic heterocycles. The number of hydrogen-bond donors (Lipinski definition) is 1. The van der Waals surface area contributed by atoms with Crippen LogP contribution in [0.1, 0.15) is 46.5 Å². The fraction of sp³-hybridized carbons (Fsp3) is 0.773. The molecule has 1 N–H and O–H groups in total. The average molecular weight is 403 g/mol. The minimum absolute atomic E-state index is 0.128. The number of nitrogens with one attached hydrogen (secondary N) is 1. The highest BCUT2D eigenvalue weighted by atomic mass is 16.2. The zero-order valence-corrected chi connectivity index (χ0v) is 18.4. The molecule has 1 amide bonds. The van der Waals surface area contributed by atoms with Gasteiger partial charge in [0.2, 0.25) is 11.9 Å². The van der Waals surface area contributed by atoms with Crippen LogP contribution in [0.5, 0.6) is 0 Å². The maximum atomic E-state index is 13.1. The number of rotatable bonds is 8. The van der Waals surface area contributed by atoms with Crippen molar-refractivity contribution in [1.29, 1.82) is 0 Å². The number of piperazine rings is 1. The molecular formula is C22H38N6O. The fourth-order valence-electron chi connectivity index (χ4n) is 4.71. The van der Waals surface area contributed by atoms with E-state index < -0.39 is 0 Å². The topological polar surface area (TPSA) is 64.6 Å². The van der Waals surface area contributed by atoms with Crippen molar-refractivity contribution in [2.45, 2.75) is 58.5 Å². The lowest BCUT2D eigenvalue weighted by Gasteiger charge is -2.39. The van der Waals surface area contributed by atoms with Crippen LogP contribution in [-0.4, -0.2) is 83.6 Å². The molecule has 0 unspecified atom stereocenters. The van der Waals surface area contributed by atoms with Gasteiger partial charge in [0.1, 0.15) is 0 Å². The zero-order chi connectivity index (χ0) is 20.6. The summed E-state index contributed by atoms with van der Waals surface area (Å²) in [6, 6.07) is 2.15. The van der Waals surface area contributed by atoms with Crippen LogP contribution in [0.3, 0.4) is 0 Å². The molecule has 2 fully saturated rings. The number of hydrogen-bond acceptors (Lipinski definition) is 6. The normalized spacial score (nSPS) is 24.0. The van der Waals surface area contributed by atoms with Crippen molar-refractivity contribution in [2.24, 2.45) is 5.92 Å². The van der Waals surface area contributed by atoms with Crippen molar-refractivity contribution in [3.8, 4) is 0 Å². The van der Waals surface area contributed by atoms with Gasteiger partial charge in [-0.25, -0.2) is 9.97 Å². The van der Waals surface area contributed by atoms with Crippen LogP contribution < -0.4 is 10.2 Å². The standard InChI is InChI=1S/C22H38N6O/c1-4-26(5-2)17-19-9-6-7-10-20(19)25-18(3)21(29)27-13-15-28(16-14-27)22-23-11-8-12-24-22/h8,11-12,18-20,25H,4-7,9-10,13-17H2,1-3H3/t18-,19-,20-/m0/s1. The van der Waals surface area contributed by atoms with Crippen LogP contribution in [-0.2, 0) is 4.79 Å². The lowest BCUT2D eigenvalue weighted by molar-refractivity contribution is -0.133. The Kier molecular flexibility index (Phi) is 8.24. The first kappa shape index (κ1) is 22.0. The molecule has 0 radical (unpaired) electrons. The van der Waals surface area contributed by atoms with Crippen molar-refractivity contribution < 1.29 is 4.79 Å². The first-order valence-electron chi connectivity index (χ1n) is 11.4. The number of carbonyl (C=O) groups is 1. The van der Waals surface area contributed by atoms with E-state index in [1.807, 2.05) is 17.9 Å². The van der Waals surface area contributed by atoms with Crippen LogP contribution in [0.4, 0.5) is 5.95 Å². The second-order valence-electron chi connectivity index (χ2n) is 8.39. The van der Waals surface area contributed by atoms with Crippen LogP contribution in [0.25, 0.3) is 0 Å². The summed E-state index contributed by atoms with van der Waals surface area (Å²) in [5.41, 5.74) is 0. The molecule has 0 spiro atoms. The lowest BCUT2D eigenvalue weighted by Crippen LogP contribution is -2.56. The zero-order valence-electron chi connectivity index (χ0n) is 18.4. The number of nitrogens with zero attached hydrogens (tertiary/aromatic N) is 5. The second kappa shape index (κ2) is 10.9. The van der Waals surface area contributed by atoms with Crippen molar-refractivity contribution in [2.75, 3.05) is 50.7 Å². The molecule has 7 nitrogen and oxygen atoms in total. The van der Waals surface area contributed by atoms with E-state index in [2.05, 4.69) is 38.9 Å². The van der Waals surface area contributed by atoms with Crippen molar-refractivity contribution in [3.05, 3.63) is 18.5 Å². The molecule has 1 aliphatic carbocycles. The van der Waals surface area contributed by atoms with Gasteiger partial charge in [-0.15, -0.1) is 0 Å². The highest BCUT2D eigenvalue weighted by Gasteiger charge is 2.31. The smallest absolute Gasteiger partial charge is 0.239 e. The van der Waals surface area contributed by atoms with E-state index in [-0.39, 0.29) is 11.9 Å². The minimum Gasteiger partial charge on any atom is -0.338 e. The van der Waals surface area contributed by atoms with Gasteiger partial charge in [0, 0.05) is 51.2 Å². The minimum atomic E-state index is -0.128. The monoisotopic (exact) mass is 402 g/mol. The van der Waals surface area contributed by atoms with Gasteiger partial charge < -0.3 is 20.0 Å². The SMILES string of the molecule is CCN(CC)C[C@@H]1CCCC[C@@H]1N[C@@H](C)C(=O)N1CCN(c2ncccn2)CC1. The number of amides is 1. The predicted molar refractivity (Wildman–Crippen MR) is 117 cm³/mol. The number of aromatic nitrogens is 2. The molecule has 0 aromatic carbocycles. The molecule has 1 saturated heterocycles. The van der Waals surface area contributed by atoms with Crippen LogP contribution in [0.2, 0.25) is 0 Å². The first-order chi connectivity index (χ1) is 14.1. The molecular weight excluding hydrogens is 364 g/mol. The Hall–Kier alpha value is -1.73. The van der Waals surface area contributed by atoms with Gasteiger partial charge in [0.15, 0.2) is 0 Å². The lowest BCUT2D eigenvalue weighted by atomic mass is 9.83. The average Bonchev–Trinajstić information content (AvgIpc) is 2.78. The molecule has 1 saturated carbocycles. The Bertz CT molecular complexity index is 615. The Morgan fingerprint density at radius 2 is 1.79 bits per heavy atom. The third-order valence-electron chi connectivity index (χ3n) is 6.56. The number of carbonyl (C=O) groups excluding carboxylic acids is 1. The van der Waals surface area contributed by atoms with E-state index in [4.69, 9.17) is 0 Å². The summed E-state index contributed by atoms with van der Waals surface area (Å²) < 4.78 is 0. The van der Waals surface area contributed by atoms with Crippen molar-refractivity contribution in [3.63, 3.8) is 0 Å². The van der Waals surface area contributed by atoms with Crippen LogP contribution in [0, 0.1) is 5.92 Å². The van der Waals surface area contributed by atoms with E-state index in [1.165, 1.54) is 25.7 Å². The third-order valence-corrected chi connectivity index (χ3v) is 6.56. The molecule has 7 heteroatoms. The van der Waals surface area contributed by atoms with Gasteiger partial charge in [0.05, 0.1) is 6.04 Å². The molecule has 3 rings (SSSR count). The summed E-state index contributed by atoms with van der Waals surface area (Å²) in [5, 5.41) is 3.71. The van der Waals surface area contributed by atoms with E-state index in [9.17, 15) is 4.79 Å². The highest BCUT2D eigenvalue weighted by Crippen LogP contribution is 2.26. The molecule has 1 aromatic rings. The van der Waals surface area contributed by atoms with Gasteiger partial charge in [-0.05, 0) is 44.8 Å². The largest absolute Gasteiger partial charge is 0.338 e. The quantitative estimate of drug-likeness (QED) is 0.718. The molecule has 162 valence electrons. The van der Waals surface area contributed by atoms with Gasteiger partial charge in [-0.2, -0.15) is 0 Å². The second-order valence-corrected chi connectivity index (χ2v) is 8.39. The Morgan fingerprint density at radius 1 is 1.14 bits per heavy atom. The van der Waals surface area contributed by atoms with Gasteiger partial charge in [0.25, 0.3) is 0 Å². The van der Waals surface area contributed by atoms with Gasteiger partial charge in [-0.3, -0.25) is 4.79 Å². The first-order valence-corrected chi connectivity index (χ1v) is 11.4. The summed E-state index contributed by atoms with van der Waals surface area (Å²) in [6.45, 7) is 12.9. The van der Waals surface area contributed by atoms with E-state index in [1.54, 1.807) is 12.4 Å². The molecule has 0 bridgehead atoms. The summed E-state index contributed by atoms with van der Waals surface area (Å²) in [6.07, 6.45) is 8.57. The summed E-state index contributed by atoms with van der Waals surface area (Å²) in [7, 11) is 0. The fourth-order valence-corrected chi connectivity index (χ4v) is 4.71. The molecule has 2 aliphatic rings. The maximum Gasteiger partial charge on any atom is 0.239 e. The summed E-state index contributed by atoms with van der Waals surface area (Å²) in [4.78, 5) is 28.4. The van der Waals surface area contributed by atoms with Gasteiger partial charge in [-0.1, -0.05) is 26.7 Å². The molecule has 2 heterocycles.